The van der Waals surface area contributed by atoms with Crippen LogP contribution in [0, 0.1) is 43.3 Å². The Labute approximate surface area is 112 Å². The minimum absolute atomic E-state index is 0.598. The smallest absolute Gasteiger partial charge is 0.0137 e. The number of hydrogen-bond acceptors (Lipinski definition) is 0. The lowest BCUT2D eigenvalue weighted by Crippen LogP contribution is -2.94. The predicted octanol–water partition coefficient (Wildman–Crippen LogP) is 4.89. The third-order valence-electron chi connectivity index (χ3n) is 12.3. The largest absolute Gasteiger partial charge is 0.0585 e. The van der Waals surface area contributed by atoms with Gasteiger partial charge in [0.15, 0.2) is 0 Å². The van der Waals surface area contributed by atoms with E-state index in [9.17, 15) is 0 Å². The van der Waals surface area contributed by atoms with Crippen LogP contribution in [0.4, 0.5) is 0 Å². The zero-order chi connectivity index (χ0) is 13.4. The molecule has 0 radical (unpaired) electrons. The van der Waals surface area contributed by atoms with Crippen molar-refractivity contribution in [3.8, 4) is 0 Å². The Morgan fingerprint density at radius 3 is 0.722 bits per heavy atom. The normalized spacial score (nSPS) is 89.3. The lowest BCUT2D eigenvalue weighted by Gasteiger charge is -2.97. The summed E-state index contributed by atoms with van der Waals surface area (Å²) in [6, 6.07) is 0. The van der Waals surface area contributed by atoms with Gasteiger partial charge in [0.1, 0.15) is 0 Å². The van der Waals surface area contributed by atoms with Crippen molar-refractivity contribution in [3.63, 3.8) is 0 Å². The summed E-state index contributed by atoms with van der Waals surface area (Å²) in [4.78, 5) is 0. The topological polar surface area (TPSA) is 0 Å². The second-order valence-corrected chi connectivity index (χ2v) is 10.2. The van der Waals surface area contributed by atoms with E-state index in [4.69, 9.17) is 0 Å². The van der Waals surface area contributed by atoms with E-state index in [1.807, 2.05) is 0 Å². The molecule has 0 heteroatoms. The summed E-state index contributed by atoms with van der Waals surface area (Å²) < 4.78 is 0. The first-order chi connectivity index (χ1) is 7.91. The van der Waals surface area contributed by atoms with Gasteiger partial charge in [-0.05, 0) is 56.2 Å². The maximum absolute atomic E-state index is 2.66. The highest BCUT2D eigenvalue weighted by Gasteiger charge is 3.14. The molecule has 0 amide bonds. The van der Waals surface area contributed by atoms with E-state index in [0.717, 1.165) is 0 Å². The molecule has 18 heavy (non-hydrogen) atoms. The van der Waals surface area contributed by atoms with Crippen LogP contribution in [0.1, 0.15) is 68.2 Å². The molecule has 0 N–H and O–H groups in total. The van der Waals surface area contributed by atoms with Crippen molar-refractivity contribution in [2.45, 2.75) is 68.2 Å². The Balaban J connectivity index is 1.98. The highest BCUT2D eigenvalue weighted by molar-refractivity contribution is 5.61. The van der Waals surface area contributed by atoms with Gasteiger partial charge in [0, 0.05) is 0 Å². The fourth-order valence-corrected chi connectivity index (χ4v) is 11.3. The number of rotatable bonds is 0. The van der Waals surface area contributed by atoms with Crippen LogP contribution in [-0.2, 0) is 0 Å². The van der Waals surface area contributed by atoms with Crippen LogP contribution in [0.5, 0.6) is 0 Å². The van der Waals surface area contributed by atoms with E-state index in [1.54, 1.807) is 0 Å². The highest BCUT2D eigenvalue weighted by atomic mass is 15.2. The zero-order valence-electron chi connectivity index (χ0n) is 13.4. The van der Waals surface area contributed by atoms with Gasteiger partial charge in [-0.15, -0.1) is 0 Å². The molecular weight excluding hydrogens is 216 g/mol. The first-order valence-corrected chi connectivity index (χ1v) is 7.91. The molecule has 0 bridgehead atoms. The van der Waals surface area contributed by atoms with Gasteiger partial charge < -0.3 is 0 Å². The summed E-state index contributed by atoms with van der Waals surface area (Å²) in [6.45, 7) is 21.2. The van der Waals surface area contributed by atoms with E-state index < -0.39 is 0 Å². The summed E-state index contributed by atoms with van der Waals surface area (Å²) >= 11 is 0. The summed E-state index contributed by atoms with van der Waals surface area (Å²) in [5.41, 5.74) is 4.81. The van der Waals surface area contributed by atoms with Crippen LogP contribution in [0.3, 0.4) is 0 Å². The van der Waals surface area contributed by atoms with Crippen molar-refractivity contribution in [1.82, 2.24) is 0 Å². The zero-order valence-corrected chi connectivity index (χ0v) is 13.4. The van der Waals surface area contributed by atoms with Gasteiger partial charge in [0.2, 0.25) is 0 Å². The molecule has 0 aromatic carbocycles. The second-order valence-electron chi connectivity index (χ2n) is 10.2. The Kier molecular flexibility index (Phi) is 1.04. The maximum atomic E-state index is 2.66. The molecule has 5 aliphatic rings. The highest BCUT2D eigenvalue weighted by Crippen LogP contribution is 3.18. The van der Waals surface area contributed by atoms with Crippen molar-refractivity contribution in [3.05, 3.63) is 0 Å². The Hall–Kier alpha value is 0. The molecule has 0 aromatic heterocycles. The van der Waals surface area contributed by atoms with Crippen LogP contribution in [-0.4, -0.2) is 0 Å². The fraction of sp³-hybridized carbons (Fsp3) is 1.00. The van der Waals surface area contributed by atoms with Crippen molar-refractivity contribution in [1.29, 1.82) is 0 Å². The molecule has 0 unspecified atom stereocenters. The van der Waals surface area contributed by atoms with E-state index in [2.05, 4.69) is 55.4 Å². The summed E-state index contributed by atoms with van der Waals surface area (Å²) in [7, 11) is 0. The second kappa shape index (κ2) is 1.74. The van der Waals surface area contributed by atoms with Gasteiger partial charge in [-0.1, -0.05) is 55.4 Å². The van der Waals surface area contributed by atoms with Gasteiger partial charge in [0.05, 0.1) is 0 Å². The van der Waals surface area contributed by atoms with Gasteiger partial charge in [-0.2, -0.15) is 0 Å². The number of hydrogen-bond donors (Lipinski definition) is 0. The van der Waals surface area contributed by atoms with Crippen molar-refractivity contribution < 1.29 is 0 Å². The summed E-state index contributed by atoms with van der Waals surface area (Å²) in [6.07, 6.45) is 2.98. The quantitative estimate of drug-likeness (QED) is 0.569. The Bertz CT molecular complexity index is 450. The van der Waals surface area contributed by atoms with Gasteiger partial charge in [-0.3, -0.25) is 0 Å². The molecule has 0 aliphatic heterocycles. The molecule has 4 atom stereocenters. The lowest BCUT2D eigenvalue weighted by atomic mass is 9.06. The lowest BCUT2D eigenvalue weighted by molar-refractivity contribution is -0.514. The molecule has 5 aliphatic carbocycles. The molecule has 0 spiro atoms. The van der Waals surface area contributed by atoms with Crippen LogP contribution < -0.4 is 0 Å². The van der Waals surface area contributed by atoms with Crippen LogP contribution in [0.25, 0.3) is 0 Å². The molecule has 0 aromatic rings. The van der Waals surface area contributed by atoms with Crippen molar-refractivity contribution >= 4 is 0 Å². The van der Waals surface area contributed by atoms with E-state index in [1.165, 1.54) is 12.8 Å². The summed E-state index contributed by atoms with van der Waals surface area (Å²) in [5, 5.41) is 0. The number of fused-ring (bicyclic) bond motifs is 2. The third-order valence-corrected chi connectivity index (χ3v) is 12.3. The first kappa shape index (κ1) is 10.7. The van der Waals surface area contributed by atoms with Gasteiger partial charge >= 0.3 is 0 Å². The van der Waals surface area contributed by atoms with E-state index in [0.29, 0.717) is 43.3 Å². The molecule has 0 nitrogen and oxygen atoms in total. The minimum Gasteiger partial charge on any atom is -0.0585 e. The van der Waals surface area contributed by atoms with Crippen LogP contribution >= 0.6 is 0 Å². The average Bonchev–Trinajstić information content (AvgIpc) is 2.40. The SMILES string of the molecule is CC12C3(C)C4(C)C1(C)[C@@]1(C)C[C@]2(C)[C@]3(C)C[C@@]41C. The Morgan fingerprint density at radius 1 is 0.389 bits per heavy atom. The fourth-order valence-electron chi connectivity index (χ4n) is 11.3. The van der Waals surface area contributed by atoms with E-state index >= 15 is 0 Å². The molecule has 0 heterocycles. The molecule has 5 rings (SSSR count). The minimum atomic E-state index is 0.598. The predicted molar refractivity (Wildman–Crippen MR) is 74.1 cm³/mol. The van der Waals surface area contributed by atoms with Crippen molar-refractivity contribution in [2.24, 2.45) is 43.3 Å². The monoisotopic (exact) mass is 244 g/mol. The maximum Gasteiger partial charge on any atom is -0.0137 e. The molecule has 5 fully saturated rings. The Morgan fingerprint density at radius 2 is 0.556 bits per heavy atom. The molecule has 0 saturated heterocycles. The van der Waals surface area contributed by atoms with Crippen molar-refractivity contribution in [2.75, 3.05) is 0 Å². The molecular formula is C18H28. The summed E-state index contributed by atoms with van der Waals surface area (Å²) in [5.74, 6) is 0. The van der Waals surface area contributed by atoms with Crippen LogP contribution in [0.2, 0.25) is 0 Å². The molecule has 100 valence electrons. The van der Waals surface area contributed by atoms with Gasteiger partial charge in [-0.25, -0.2) is 0 Å². The van der Waals surface area contributed by atoms with Crippen LogP contribution in [0.15, 0.2) is 0 Å². The van der Waals surface area contributed by atoms with E-state index in [-0.39, 0.29) is 0 Å². The third kappa shape index (κ3) is 0.346. The first-order valence-electron chi connectivity index (χ1n) is 7.91. The molecule has 5 saturated carbocycles. The van der Waals surface area contributed by atoms with Gasteiger partial charge in [0.25, 0.3) is 0 Å². The standard InChI is InChI=1S/C18H28/c1-11-9-13(3)14(4)10-12(11,2)16(6)15(11,5)17(13,7)18(14,16)8/h9-10H2,1-8H3/t11-,12+,13+,14-,15?,16?,17?,18?. The average molecular weight is 244 g/mol.